The lowest BCUT2D eigenvalue weighted by molar-refractivity contribution is -0.115. The van der Waals surface area contributed by atoms with Gasteiger partial charge in [0, 0.05) is 24.2 Å². The van der Waals surface area contributed by atoms with Gasteiger partial charge >= 0.3 is 0 Å². The minimum atomic E-state index is -3.94. The second-order valence-electron chi connectivity index (χ2n) is 6.94. The van der Waals surface area contributed by atoms with Crippen LogP contribution < -0.4 is 29.6 Å². The van der Waals surface area contributed by atoms with Crippen molar-refractivity contribution in [2.75, 3.05) is 31.4 Å². The van der Waals surface area contributed by atoms with Gasteiger partial charge in [-0.15, -0.1) is 0 Å². The molecule has 0 spiro atoms. The zero-order valence-corrected chi connectivity index (χ0v) is 21.1. The number of thiocarbonyl (C=S) groups is 1. The van der Waals surface area contributed by atoms with Gasteiger partial charge < -0.3 is 19.5 Å². The molecule has 0 aliphatic heterocycles. The smallest absolute Gasteiger partial charge is 0.263 e. The van der Waals surface area contributed by atoms with Crippen LogP contribution in [0.4, 0.5) is 11.5 Å². The van der Waals surface area contributed by atoms with Crippen LogP contribution in [0.2, 0.25) is 0 Å². The second-order valence-corrected chi connectivity index (χ2v) is 9.03. The van der Waals surface area contributed by atoms with Gasteiger partial charge in [-0.05, 0) is 60.3 Å². The zero-order chi connectivity index (χ0) is 26.1. The lowest BCUT2D eigenvalue weighted by Crippen LogP contribution is -2.32. The summed E-state index contributed by atoms with van der Waals surface area (Å²) in [6.07, 6.45) is 5.63. The quantitative estimate of drug-likeness (QED) is 0.280. The summed E-state index contributed by atoms with van der Waals surface area (Å²) in [6, 6.07) is 11.0. The molecule has 3 rings (SSSR count). The molecule has 0 saturated heterocycles. The van der Waals surface area contributed by atoms with E-state index >= 15 is 0 Å². The Morgan fingerprint density at radius 2 is 1.64 bits per heavy atom. The Morgan fingerprint density at radius 3 is 2.31 bits per heavy atom. The molecule has 0 bridgehead atoms. The topological polar surface area (TPSA) is 141 Å². The number of hydrogen-bond acceptors (Lipinski definition) is 9. The Labute approximate surface area is 213 Å². The molecule has 3 aromatic rings. The average molecular weight is 530 g/mol. The highest BCUT2D eigenvalue weighted by Gasteiger charge is 2.18. The number of methoxy groups -OCH3 is 3. The van der Waals surface area contributed by atoms with Crippen molar-refractivity contribution in [3.05, 3.63) is 66.5 Å². The van der Waals surface area contributed by atoms with Crippen LogP contribution in [-0.4, -0.2) is 50.7 Å². The highest BCUT2D eigenvalue weighted by Crippen LogP contribution is 2.28. The predicted octanol–water partition coefficient (Wildman–Crippen LogP) is 2.83. The van der Waals surface area contributed by atoms with Crippen LogP contribution in [0.1, 0.15) is 5.56 Å². The summed E-state index contributed by atoms with van der Waals surface area (Å²) in [5, 5.41) is 5.38. The van der Waals surface area contributed by atoms with Gasteiger partial charge in [0.15, 0.2) is 16.6 Å². The minimum Gasteiger partial charge on any atom is -0.493 e. The number of nitrogens with one attached hydrogen (secondary N) is 3. The van der Waals surface area contributed by atoms with Crippen LogP contribution in [-0.2, 0) is 14.8 Å². The van der Waals surface area contributed by atoms with E-state index in [9.17, 15) is 13.2 Å². The summed E-state index contributed by atoms with van der Waals surface area (Å²) in [4.78, 5) is 20.0. The van der Waals surface area contributed by atoms with Crippen molar-refractivity contribution in [2.24, 2.45) is 0 Å². The second kappa shape index (κ2) is 12.0. The Balaban J connectivity index is 1.58. The maximum absolute atomic E-state index is 12.7. The Bertz CT molecular complexity index is 1380. The van der Waals surface area contributed by atoms with Gasteiger partial charge in [0.05, 0.1) is 26.2 Å². The third-order valence-corrected chi connectivity index (χ3v) is 6.14. The summed E-state index contributed by atoms with van der Waals surface area (Å²) in [7, 11) is 0.476. The molecule has 0 unspecified atom stereocenters. The SMILES string of the molecule is COc1ccc(C=CC(=O)NC(=S)Nc2ccc(S(=O)(=O)Nc3nccnc3OC)cc2)cc1OC. The van der Waals surface area contributed by atoms with Crippen molar-refractivity contribution in [1.29, 1.82) is 0 Å². The monoisotopic (exact) mass is 529 g/mol. The third-order valence-electron chi connectivity index (χ3n) is 4.58. The van der Waals surface area contributed by atoms with Crippen molar-refractivity contribution in [2.45, 2.75) is 4.90 Å². The van der Waals surface area contributed by atoms with Crippen molar-refractivity contribution in [1.82, 2.24) is 15.3 Å². The van der Waals surface area contributed by atoms with Gasteiger partial charge in [-0.2, -0.15) is 0 Å². The molecule has 11 nitrogen and oxygen atoms in total. The zero-order valence-electron chi connectivity index (χ0n) is 19.5. The third kappa shape index (κ3) is 6.90. The number of nitrogens with zero attached hydrogens (tertiary/aromatic N) is 2. The van der Waals surface area contributed by atoms with Gasteiger partial charge in [0.2, 0.25) is 11.7 Å². The van der Waals surface area contributed by atoms with E-state index in [4.69, 9.17) is 26.4 Å². The van der Waals surface area contributed by atoms with E-state index in [-0.39, 0.29) is 21.7 Å². The highest BCUT2D eigenvalue weighted by atomic mass is 32.2. The van der Waals surface area contributed by atoms with Crippen LogP contribution in [0.3, 0.4) is 0 Å². The molecular weight excluding hydrogens is 506 g/mol. The molecule has 0 saturated carbocycles. The van der Waals surface area contributed by atoms with E-state index in [1.165, 1.54) is 64.1 Å². The maximum atomic E-state index is 12.7. The molecule has 188 valence electrons. The molecule has 1 heterocycles. The molecule has 1 amide bonds. The van der Waals surface area contributed by atoms with E-state index in [0.29, 0.717) is 17.2 Å². The first-order valence-corrected chi connectivity index (χ1v) is 12.1. The van der Waals surface area contributed by atoms with Crippen LogP contribution in [0, 0.1) is 0 Å². The van der Waals surface area contributed by atoms with Crippen LogP contribution in [0.5, 0.6) is 17.4 Å². The summed E-state index contributed by atoms with van der Waals surface area (Å²) >= 11 is 5.16. The van der Waals surface area contributed by atoms with Crippen molar-refractivity contribution in [3.63, 3.8) is 0 Å². The van der Waals surface area contributed by atoms with Crippen LogP contribution in [0.15, 0.2) is 65.8 Å². The van der Waals surface area contributed by atoms with Crippen molar-refractivity contribution < 1.29 is 27.4 Å². The van der Waals surface area contributed by atoms with E-state index in [0.717, 1.165) is 5.56 Å². The largest absolute Gasteiger partial charge is 0.493 e. The fourth-order valence-electron chi connectivity index (χ4n) is 2.89. The normalized spacial score (nSPS) is 11.0. The Hall–Kier alpha value is -4.23. The van der Waals surface area contributed by atoms with Gasteiger partial charge in [-0.3, -0.25) is 14.8 Å². The first kappa shape index (κ1) is 26.4. The number of benzene rings is 2. The summed E-state index contributed by atoms with van der Waals surface area (Å²) in [6.45, 7) is 0. The number of aromatic nitrogens is 2. The number of anilines is 2. The standard InChI is InChI=1S/C23H23N5O6S2/c1-32-18-10-4-15(14-19(18)33-2)5-11-20(29)27-23(35)26-16-6-8-17(9-7-16)36(30,31)28-21-22(34-3)25-13-12-24-21/h4-14H,1-3H3,(H,24,28)(H2,26,27,29,35). The molecular formula is C23H23N5O6S2. The number of ether oxygens (including phenoxy) is 3. The molecule has 1 aromatic heterocycles. The summed E-state index contributed by atoms with van der Waals surface area (Å²) < 4.78 is 43.1. The number of amides is 1. The molecule has 0 aliphatic carbocycles. The number of carbonyl (C=O) groups excluding carboxylic acids is 1. The fourth-order valence-corrected chi connectivity index (χ4v) is 4.12. The van der Waals surface area contributed by atoms with Gasteiger partial charge in [0.25, 0.3) is 15.9 Å². The van der Waals surface area contributed by atoms with Gasteiger partial charge in [-0.1, -0.05) is 6.07 Å². The summed E-state index contributed by atoms with van der Waals surface area (Å²) in [5.41, 5.74) is 1.20. The summed E-state index contributed by atoms with van der Waals surface area (Å²) in [5.74, 6) is 0.665. The average Bonchev–Trinajstić information content (AvgIpc) is 2.87. The van der Waals surface area contributed by atoms with E-state index in [1.54, 1.807) is 24.3 Å². The first-order valence-electron chi connectivity index (χ1n) is 10.3. The van der Waals surface area contributed by atoms with Crippen molar-refractivity contribution >= 4 is 50.8 Å². The number of sulfonamides is 1. The van der Waals surface area contributed by atoms with Crippen LogP contribution in [0.25, 0.3) is 6.08 Å². The Kier molecular flexibility index (Phi) is 8.76. The lowest BCUT2D eigenvalue weighted by Gasteiger charge is -2.11. The Morgan fingerprint density at radius 1 is 0.944 bits per heavy atom. The van der Waals surface area contributed by atoms with E-state index in [1.807, 2.05) is 0 Å². The molecule has 0 fully saturated rings. The van der Waals surface area contributed by atoms with E-state index < -0.39 is 15.9 Å². The molecule has 36 heavy (non-hydrogen) atoms. The van der Waals surface area contributed by atoms with Crippen molar-refractivity contribution in [3.8, 4) is 17.4 Å². The number of rotatable bonds is 9. The number of carbonyl (C=O) groups is 1. The van der Waals surface area contributed by atoms with Crippen LogP contribution >= 0.6 is 12.2 Å². The molecule has 0 atom stereocenters. The first-order chi connectivity index (χ1) is 17.2. The van der Waals surface area contributed by atoms with E-state index in [2.05, 4.69) is 25.3 Å². The minimum absolute atomic E-state index is 0.0198. The molecule has 13 heteroatoms. The highest BCUT2D eigenvalue weighted by molar-refractivity contribution is 7.92. The molecule has 2 aromatic carbocycles. The molecule has 3 N–H and O–H groups in total. The van der Waals surface area contributed by atoms with Gasteiger partial charge in [0.1, 0.15) is 0 Å². The maximum Gasteiger partial charge on any atom is 0.263 e. The lowest BCUT2D eigenvalue weighted by atomic mass is 10.2. The molecule has 0 aliphatic rings. The molecule has 0 radical (unpaired) electrons. The number of hydrogen-bond donors (Lipinski definition) is 3. The van der Waals surface area contributed by atoms with Gasteiger partial charge in [-0.25, -0.2) is 18.4 Å². The predicted molar refractivity (Wildman–Crippen MR) is 139 cm³/mol. The fraction of sp³-hybridized carbons (Fsp3) is 0.130.